The first kappa shape index (κ1) is 11.1. The molecule has 1 aliphatic carbocycles. The van der Waals surface area contributed by atoms with Gasteiger partial charge in [-0.1, -0.05) is 12.8 Å². The number of nitrogens with one attached hydrogen (secondary N) is 1. The van der Waals surface area contributed by atoms with Crippen LogP contribution in [0.1, 0.15) is 19.3 Å². The third kappa shape index (κ3) is 2.30. The molecule has 3 rings (SSSR count). The van der Waals surface area contributed by atoms with Crippen LogP contribution in [0.25, 0.3) is 10.9 Å². The Morgan fingerprint density at radius 3 is 3.06 bits per heavy atom. The Morgan fingerprint density at radius 1 is 1.44 bits per heavy atom. The number of fused-ring (bicyclic) bond motifs is 1. The second-order valence-corrected chi connectivity index (χ2v) is 4.73. The van der Waals surface area contributed by atoms with Crippen LogP contribution >= 0.6 is 0 Å². The van der Waals surface area contributed by atoms with Crippen LogP contribution in [0, 0.1) is 5.92 Å². The molecule has 1 aromatic carbocycles. The van der Waals surface area contributed by atoms with E-state index in [-0.39, 0.29) is 11.6 Å². The van der Waals surface area contributed by atoms with Crippen molar-refractivity contribution in [3.05, 3.63) is 28.6 Å². The van der Waals surface area contributed by atoms with Gasteiger partial charge in [-0.15, -0.1) is 0 Å². The number of nitrogen functional groups attached to an aromatic ring is 1. The first-order chi connectivity index (χ1) is 8.72. The van der Waals surface area contributed by atoms with Gasteiger partial charge < -0.3 is 10.5 Å². The lowest BCUT2D eigenvalue weighted by Gasteiger charge is -2.05. The van der Waals surface area contributed by atoms with Gasteiger partial charge in [-0.2, -0.15) is 4.98 Å². The normalized spacial score (nSPS) is 14.9. The molecule has 1 aromatic heterocycles. The molecule has 0 atom stereocenters. The van der Waals surface area contributed by atoms with Crippen LogP contribution in [0.4, 0.5) is 5.69 Å². The zero-order valence-corrected chi connectivity index (χ0v) is 9.98. The Kier molecular flexibility index (Phi) is 2.66. The van der Waals surface area contributed by atoms with E-state index in [0.717, 1.165) is 12.3 Å². The predicted molar refractivity (Wildman–Crippen MR) is 69.6 cm³/mol. The highest BCUT2D eigenvalue weighted by Gasteiger charge is 2.20. The number of nitrogens with two attached hydrogens (primary N) is 1. The van der Waals surface area contributed by atoms with Crippen molar-refractivity contribution in [3.8, 4) is 6.01 Å². The van der Waals surface area contributed by atoms with Crippen LogP contribution in [-0.4, -0.2) is 16.6 Å². The van der Waals surface area contributed by atoms with Crippen molar-refractivity contribution >= 4 is 16.6 Å². The average Bonchev–Trinajstić information content (AvgIpc) is 3.14. The summed E-state index contributed by atoms with van der Waals surface area (Å²) in [5.41, 5.74) is 6.58. The van der Waals surface area contributed by atoms with Gasteiger partial charge in [0, 0.05) is 5.69 Å². The lowest BCUT2D eigenvalue weighted by Crippen LogP contribution is -2.12. The van der Waals surface area contributed by atoms with Gasteiger partial charge in [-0.3, -0.25) is 9.78 Å². The maximum absolute atomic E-state index is 11.8. The lowest BCUT2D eigenvalue weighted by atomic mass is 10.2. The molecule has 1 saturated carbocycles. The molecule has 1 aliphatic rings. The number of hydrogen-bond acceptors (Lipinski definition) is 4. The van der Waals surface area contributed by atoms with Crippen LogP contribution in [0.5, 0.6) is 6.01 Å². The lowest BCUT2D eigenvalue weighted by molar-refractivity contribution is 0.280. The Hall–Kier alpha value is -2.04. The predicted octanol–water partition coefficient (Wildman–Crippen LogP) is 1.68. The van der Waals surface area contributed by atoms with E-state index in [2.05, 4.69) is 9.97 Å². The molecule has 5 heteroatoms. The minimum atomic E-state index is -0.214. The van der Waals surface area contributed by atoms with Gasteiger partial charge in [0.05, 0.1) is 17.5 Å². The van der Waals surface area contributed by atoms with E-state index >= 15 is 0 Å². The molecule has 0 spiro atoms. The Balaban J connectivity index is 1.84. The van der Waals surface area contributed by atoms with Crippen LogP contribution in [-0.2, 0) is 0 Å². The Labute approximate surface area is 104 Å². The van der Waals surface area contributed by atoms with E-state index < -0.39 is 0 Å². The van der Waals surface area contributed by atoms with Gasteiger partial charge in [-0.25, -0.2) is 0 Å². The van der Waals surface area contributed by atoms with Crippen molar-refractivity contribution in [2.24, 2.45) is 5.92 Å². The first-order valence-electron chi connectivity index (χ1n) is 6.15. The molecule has 0 aliphatic heterocycles. The van der Waals surface area contributed by atoms with E-state index in [1.165, 1.54) is 12.8 Å². The van der Waals surface area contributed by atoms with E-state index in [1.54, 1.807) is 18.2 Å². The molecule has 18 heavy (non-hydrogen) atoms. The van der Waals surface area contributed by atoms with E-state index in [1.807, 2.05) is 0 Å². The molecule has 94 valence electrons. The summed E-state index contributed by atoms with van der Waals surface area (Å²) in [5.74, 6) is 0.803. The summed E-state index contributed by atoms with van der Waals surface area (Å²) >= 11 is 0. The molecule has 5 nitrogen and oxygen atoms in total. The Bertz CT molecular complexity index is 632. The summed E-state index contributed by atoms with van der Waals surface area (Å²) in [4.78, 5) is 18.7. The summed E-state index contributed by atoms with van der Waals surface area (Å²) in [7, 11) is 0. The maximum Gasteiger partial charge on any atom is 0.297 e. The van der Waals surface area contributed by atoms with Crippen molar-refractivity contribution in [3.63, 3.8) is 0 Å². The van der Waals surface area contributed by atoms with Crippen LogP contribution < -0.4 is 16.0 Å². The number of aromatic nitrogens is 2. The Morgan fingerprint density at radius 2 is 2.28 bits per heavy atom. The number of H-pyrrole nitrogens is 1. The quantitative estimate of drug-likeness (QED) is 0.803. The average molecular weight is 245 g/mol. The van der Waals surface area contributed by atoms with Crippen molar-refractivity contribution in [1.29, 1.82) is 0 Å². The largest absolute Gasteiger partial charge is 0.465 e. The first-order valence-corrected chi connectivity index (χ1v) is 6.15. The van der Waals surface area contributed by atoms with Crippen molar-refractivity contribution in [1.82, 2.24) is 9.97 Å². The molecule has 1 heterocycles. The summed E-state index contributed by atoms with van der Waals surface area (Å²) in [6, 6.07) is 5.36. The fourth-order valence-electron chi connectivity index (χ4n) is 1.93. The van der Waals surface area contributed by atoms with Crippen molar-refractivity contribution in [2.45, 2.75) is 19.3 Å². The third-order valence-corrected chi connectivity index (χ3v) is 3.17. The third-order valence-electron chi connectivity index (χ3n) is 3.17. The van der Waals surface area contributed by atoms with E-state index in [9.17, 15) is 4.79 Å². The molecule has 1 fully saturated rings. The van der Waals surface area contributed by atoms with Gasteiger partial charge in [0.25, 0.3) is 11.6 Å². The van der Waals surface area contributed by atoms with Crippen molar-refractivity contribution < 1.29 is 4.74 Å². The topological polar surface area (TPSA) is 81.0 Å². The summed E-state index contributed by atoms with van der Waals surface area (Å²) in [6.07, 6.45) is 3.62. The summed E-state index contributed by atoms with van der Waals surface area (Å²) in [6.45, 7) is 0.605. The van der Waals surface area contributed by atoms with Gasteiger partial charge in [0.2, 0.25) is 0 Å². The van der Waals surface area contributed by atoms with E-state index in [4.69, 9.17) is 10.5 Å². The summed E-state index contributed by atoms with van der Waals surface area (Å²) < 4.78 is 5.48. The standard InChI is InChI=1S/C13H15N3O2/c14-9-3-4-11-10(7-9)12(17)16-13(15-11)18-6-5-8-1-2-8/h3-4,7-8H,1-2,5-6,14H2,(H,15,16,17). The smallest absolute Gasteiger partial charge is 0.297 e. The number of anilines is 1. The highest BCUT2D eigenvalue weighted by Crippen LogP contribution is 2.32. The molecular weight excluding hydrogens is 230 g/mol. The number of benzene rings is 1. The molecule has 2 aromatic rings. The van der Waals surface area contributed by atoms with Crippen LogP contribution in [0.3, 0.4) is 0 Å². The zero-order valence-electron chi connectivity index (χ0n) is 9.98. The maximum atomic E-state index is 11.8. The molecule has 0 radical (unpaired) electrons. The van der Waals surface area contributed by atoms with Crippen LogP contribution in [0.15, 0.2) is 23.0 Å². The van der Waals surface area contributed by atoms with E-state index in [0.29, 0.717) is 23.2 Å². The fourth-order valence-corrected chi connectivity index (χ4v) is 1.93. The summed E-state index contributed by atoms with van der Waals surface area (Å²) in [5, 5.41) is 0.490. The highest BCUT2D eigenvalue weighted by atomic mass is 16.5. The number of ether oxygens (including phenoxy) is 1. The minimum absolute atomic E-state index is 0.214. The highest BCUT2D eigenvalue weighted by molar-refractivity contribution is 5.81. The monoisotopic (exact) mass is 245 g/mol. The molecular formula is C13H15N3O2. The molecule has 0 amide bonds. The SMILES string of the molecule is Nc1ccc2nc(OCCC3CC3)[nH]c(=O)c2c1. The number of aromatic amines is 1. The molecule has 0 saturated heterocycles. The molecule has 0 bridgehead atoms. The fraction of sp³-hybridized carbons (Fsp3) is 0.385. The van der Waals surface area contributed by atoms with Crippen LogP contribution in [0.2, 0.25) is 0 Å². The van der Waals surface area contributed by atoms with Gasteiger partial charge in [0.1, 0.15) is 0 Å². The molecule has 3 N–H and O–H groups in total. The van der Waals surface area contributed by atoms with Gasteiger partial charge in [-0.05, 0) is 30.5 Å². The second-order valence-electron chi connectivity index (χ2n) is 4.73. The number of hydrogen-bond donors (Lipinski definition) is 2. The number of nitrogens with zero attached hydrogens (tertiary/aromatic N) is 1. The van der Waals surface area contributed by atoms with Gasteiger partial charge >= 0.3 is 0 Å². The minimum Gasteiger partial charge on any atom is -0.465 e. The second kappa shape index (κ2) is 4.33. The zero-order chi connectivity index (χ0) is 12.5. The molecule has 0 unspecified atom stereocenters. The van der Waals surface area contributed by atoms with Crippen molar-refractivity contribution in [2.75, 3.05) is 12.3 Å². The number of rotatable bonds is 4. The van der Waals surface area contributed by atoms with Gasteiger partial charge in [0.15, 0.2) is 0 Å².